The second-order valence-corrected chi connectivity index (χ2v) is 13.6. The summed E-state index contributed by atoms with van der Waals surface area (Å²) >= 11 is 0. The minimum Gasteiger partial charge on any atom is -0.489 e. The molecule has 0 radical (unpaired) electrons. The van der Waals surface area contributed by atoms with E-state index in [1.165, 1.54) is 17.5 Å². The van der Waals surface area contributed by atoms with Crippen molar-refractivity contribution in [3.8, 4) is 5.75 Å². The van der Waals surface area contributed by atoms with Crippen LogP contribution in [0.2, 0.25) is 0 Å². The first-order valence-corrected chi connectivity index (χ1v) is 16.4. The summed E-state index contributed by atoms with van der Waals surface area (Å²) in [6.07, 6.45) is 1.57. The van der Waals surface area contributed by atoms with Crippen LogP contribution in [0.25, 0.3) is 0 Å². The number of benzene rings is 3. The first-order valence-electron chi connectivity index (χ1n) is 14.9. The van der Waals surface area contributed by atoms with E-state index in [9.17, 15) is 18.0 Å². The van der Waals surface area contributed by atoms with Crippen LogP contribution in [0, 0.1) is 11.8 Å². The lowest BCUT2D eigenvalue weighted by Gasteiger charge is -2.43. The summed E-state index contributed by atoms with van der Waals surface area (Å²) in [5.74, 6) is 0.142. The molecule has 4 aliphatic rings. The summed E-state index contributed by atoms with van der Waals surface area (Å²) in [5.41, 5.74) is 2.42. The summed E-state index contributed by atoms with van der Waals surface area (Å²) in [6, 6.07) is 23.4. The molecule has 0 saturated carbocycles. The number of nitrogens with zero attached hydrogens (tertiary/aromatic N) is 2. The van der Waals surface area contributed by atoms with Gasteiger partial charge in [-0.15, -0.1) is 0 Å². The Labute approximate surface area is 257 Å². The maximum atomic E-state index is 13.1. The largest absolute Gasteiger partial charge is 0.489 e. The fourth-order valence-corrected chi connectivity index (χ4v) is 7.79. The number of ether oxygens (including phenoxy) is 3. The molecule has 0 aromatic heterocycles. The molecule has 0 spiro atoms. The fourth-order valence-electron chi connectivity index (χ4n) is 6.18. The Kier molecular flexibility index (Phi) is 8.88. The number of carbonyl (C=O) groups is 2. The Morgan fingerprint density at radius 1 is 0.909 bits per heavy atom. The molecule has 3 aromatic carbocycles. The van der Waals surface area contributed by atoms with Crippen molar-refractivity contribution in [2.75, 3.05) is 39.8 Å². The molecule has 0 unspecified atom stereocenters. The van der Waals surface area contributed by atoms with Crippen LogP contribution in [0.4, 0.5) is 4.79 Å². The molecule has 11 heteroatoms. The van der Waals surface area contributed by atoms with Crippen LogP contribution in [-0.2, 0) is 30.9 Å². The van der Waals surface area contributed by atoms with Crippen LogP contribution in [0.5, 0.6) is 5.75 Å². The Balaban J connectivity index is 1.13. The number of nitrogens with one attached hydrogen (secondary N) is 1. The van der Waals surface area contributed by atoms with Crippen LogP contribution in [-0.4, -0.2) is 75.6 Å². The summed E-state index contributed by atoms with van der Waals surface area (Å²) < 4.78 is 44.2. The Morgan fingerprint density at radius 2 is 1.64 bits per heavy atom. The van der Waals surface area contributed by atoms with Gasteiger partial charge in [0.25, 0.3) is 0 Å². The van der Waals surface area contributed by atoms with Gasteiger partial charge in [0.2, 0.25) is 10.0 Å². The van der Waals surface area contributed by atoms with Crippen molar-refractivity contribution in [1.82, 2.24) is 14.5 Å². The van der Waals surface area contributed by atoms with Gasteiger partial charge in [-0.05, 0) is 72.8 Å². The van der Waals surface area contributed by atoms with Gasteiger partial charge in [-0.2, -0.15) is 4.31 Å². The van der Waals surface area contributed by atoms with E-state index < -0.39 is 34.0 Å². The zero-order valence-corrected chi connectivity index (χ0v) is 25.4. The van der Waals surface area contributed by atoms with E-state index in [0.717, 1.165) is 43.6 Å². The molecule has 2 bridgehead atoms. The molecule has 7 rings (SSSR count). The van der Waals surface area contributed by atoms with Crippen molar-refractivity contribution in [2.45, 2.75) is 36.5 Å². The number of sulfonamides is 1. The number of carbonyl (C=O) groups excluding carboxylic acids is 2. The van der Waals surface area contributed by atoms with E-state index in [1.807, 2.05) is 54.6 Å². The van der Waals surface area contributed by atoms with Gasteiger partial charge in [0.1, 0.15) is 18.5 Å². The molecule has 2 atom stereocenters. The topological polar surface area (TPSA) is 114 Å². The predicted molar refractivity (Wildman–Crippen MR) is 162 cm³/mol. The van der Waals surface area contributed by atoms with Crippen LogP contribution in [0.15, 0.2) is 83.8 Å². The van der Waals surface area contributed by atoms with Crippen molar-refractivity contribution < 1.29 is 32.2 Å². The molecule has 10 nitrogen and oxygen atoms in total. The maximum absolute atomic E-state index is 13.1. The lowest BCUT2D eigenvalue weighted by atomic mass is 9.86. The SMILES string of the molecule is COC(=O)C1CN(S(=O)(=O)c2cccc(COc3cccc([C@@H](NC(=O)O[C@H]4CN5CCC4CC5)c4ccccc4)c3)c2)C1. The highest BCUT2D eigenvalue weighted by molar-refractivity contribution is 7.89. The van der Waals surface area contributed by atoms with Crippen molar-refractivity contribution in [1.29, 1.82) is 0 Å². The minimum absolute atomic E-state index is 0.0986. The molecule has 232 valence electrons. The smallest absolute Gasteiger partial charge is 0.408 e. The zero-order chi connectivity index (χ0) is 30.7. The van der Waals surface area contributed by atoms with Gasteiger partial charge in [-0.1, -0.05) is 54.6 Å². The highest BCUT2D eigenvalue weighted by atomic mass is 32.2. The Hall–Kier alpha value is -3.93. The molecule has 0 aliphatic carbocycles. The first-order chi connectivity index (χ1) is 21.3. The third kappa shape index (κ3) is 6.59. The summed E-state index contributed by atoms with van der Waals surface area (Å²) in [5, 5.41) is 3.08. The lowest BCUT2D eigenvalue weighted by Crippen LogP contribution is -2.53. The van der Waals surface area contributed by atoms with Crippen molar-refractivity contribution >= 4 is 22.1 Å². The van der Waals surface area contributed by atoms with Gasteiger partial charge in [0.15, 0.2) is 0 Å². The number of hydrogen-bond donors (Lipinski definition) is 1. The highest BCUT2D eigenvalue weighted by Gasteiger charge is 2.41. The molecule has 4 fully saturated rings. The zero-order valence-electron chi connectivity index (χ0n) is 24.6. The number of alkyl carbamates (subject to hydrolysis) is 1. The number of amides is 1. The van der Waals surface area contributed by atoms with Crippen LogP contribution in [0.1, 0.15) is 35.6 Å². The number of piperidine rings is 3. The van der Waals surface area contributed by atoms with Crippen molar-refractivity contribution in [2.24, 2.45) is 11.8 Å². The number of esters is 1. The molecule has 1 amide bonds. The average molecular weight is 620 g/mol. The quantitative estimate of drug-likeness (QED) is 0.339. The summed E-state index contributed by atoms with van der Waals surface area (Å²) in [4.78, 5) is 27.3. The monoisotopic (exact) mass is 619 g/mol. The molecule has 44 heavy (non-hydrogen) atoms. The third-order valence-electron chi connectivity index (χ3n) is 8.77. The second kappa shape index (κ2) is 13.0. The number of methoxy groups -OCH3 is 1. The van der Waals surface area contributed by atoms with E-state index >= 15 is 0 Å². The van der Waals surface area contributed by atoms with Crippen LogP contribution in [0.3, 0.4) is 0 Å². The maximum Gasteiger partial charge on any atom is 0.408 e. The molecular weight excluding hydrogens is 582 g/mol. The molecule has 4 saturated heterocycles. The molecule has 4 heterocycles. The van der Waals surface area contributed by atoms with Crippen LogP contribution >= 0.6 is 0 Å². The van der Waals surface area contributed by atoms with Crippen molar-refractivity contribution in [3.63, 3.8) is 0 Å². The number of rotatable bonds is 10. The average Bonchev–Trinajstić information content (AvgIpc) is 3.03. The number of hydrogen-bond acceptors (Lipinski definition) is 8. The van der Waals surface area contributed by atoms with Crippen LogP contribution < -0.4 is 10.1 Å². The minimum atomic E-state index is -3.74. The van der Waals surface area contributed by atoms with E-state index in [4.69, 9.17) is 14.2 Å². The number of fused-ring (bicyclic) bond motifs is 3. The molecule has 1 N–H and O–H groups in total. The second-order valence-electron chi connectivity index (χ2n) is 11.6. The standard InChI is InChI=1S/C33H37N3O7S/c1-41-32(37)27-19-36(20-27)44(39,40)29-12-5-7-23(17-29)22-42-28-11-6-10-26(18-28)31(25-8-3-2-4-9-25)34-33(38)43-30-21-35-15-13-24(30)14-16-35/h2-12,17-18,24,27,30-31H,13-16,19-22H2,1H3,(H,34,38)/t30-,31-/m0/s1. The van der Waals surface area contributed by atoms with Gasteiger partial charge in [-0.3, -0.25) is 9.69 Å². The Morgan fingerprint density at radius 3 is 2.34 bits per heavy atom. The van der Waals surface area contributed by atoms with E-state index in [0.29, 0.717) is 17.2 Å². The van der Waals surface area contributed by atoms with Gasteiger partial charge >= 0.3 is 12.1 Å². The Bertz CT molecular complexity index is 1590. The van der Waals surface area contributed by atoms with E-state index in [2.05, 4.69) is 10.2 Å². The first kappa shape index (κ1) is 30.1. The normalized spacial score (nSPS) is 22.4. The summed E-state index contributed by atoms with van der Waals surface area (Å²) in [7, 11) is -2.44. The molecular formula is C33H37N3O7S. The highest BCUT2D eigenvalue weighted by Crippen LogP contribution is 2.31. The van der Waals surface area contributed by atoms with Gasteiger partial charge in [-0.25, -0.2) is 13.2 Å². The molecule has 4 aliphatic heterocycles. The predicted octanol–water partition coefficient (Wildman–Crippen LogP) is 3.97. The lowest BCUT2D eigenvalue weighted by molar-refractivity contribution is -0.149. The van der Waals surface area contributed by atoms with Gasteiger partial charge in [0, 0.05) is 19.6 Å². The fraction of sp³-hybridized carbons (Fsp3) is 0.394. The van der Waals surface area contributed by atoms with E-state index in [1.54, 1.807) is 18.2 Å². The summed E-state index contributed by atoms with van der Waals surface area (Å²) in [6.45, 7) is 3.27. The third-order valence-corrected chi connectivity index (χ3v) is 10.6. The van der Waals surface area contributed by atoms with Crippen molar-refractivity contribution in [3.05, 3.63) is 95.6 Å². The van der Waals surface area contributed by atoms with Gasteiger partial charge < -0.3 is 19.5 Å². The van der Waals surface area contributed by atoms with Gasteiger partial charge in [0.05, 0.1) is 24.0 Å². The van der Waals surface area contributed by atoms with E-state index in [-0.39, 0.29) is 30.7 Å². The molecule has 3 aromatic rings.